The van der Waals surface area contributed by atoms with Gasteiger partial charge in [-0.25, -0.2) is 0 Å². The molecule has 0 saturated carbocycles. The largest absolute Gasteiger partial charge is 0.496 e. The minimum Gasteiger partial charge on any atom is -0.496 e. The van der Waals surface area contributed by atoms with Crippen molar-refractivity contribution >= 4 is 5.91 Å². The zero-order valence-electron chi connectivity index (χ0n) is 12.1. The maximum absolute atomic E-state index is 12.1. The molecular weight excluding hydrogens is 252 g/mol. The summed E-state index contributed by atoms with van der Waals surface area (Å²) in [6.45, 7) is 3.40. The number of para-hydroxylation sites is 1. The van der Waals surface area contributed by atoms with E-state index in [0.717, 1.165) is 36.3 Å². The third-order valence-electron chi connectivity index (χ3n) is 3.57. The van der Waals surface area contributed by atoms with Gasteiger partial charge >= 0.3 is 0 Å². The lowest BCUT2D eigenvalue weighted by atomic mass is 10.0. The molecule has 1 unspecified atom stereocenters. The van der Waals surface area contributed by atoms with Gasteiger partial charge in [-0.2, -0.15) is 0 Å². The maximum Gasteiger partial charge on any atom is 0.246 e. The number of carbonyl (C=O) groups is 1. The minimum atomic E-state index is 0.0605. The first kappa shape index (κ1) is 14.6. The molecule has 2 N–H and O–H groups in total. The van der Waals surface area contributed by atoms with Crippen LogP contribution in [0.5, 0.6) is 5.75 Å². The average molecular weight is 274 g/mol. The Bertz CT molecular complexity index is 511. The van der Waals surface area contributed by atoms with E-state index in [0.29, 0.717) is 6.54 Å². The van der Waals surface area contributed by atoms with Crippen LogP contribution in [0.4, 0.5) is 0 Å². The number of likely N-dealkylation sites (tertiary alicyclic amines) is 1. The van der Waals surface area contributed by atoms with E-state index >= 15 is 0 Å². The SMILES string of the molecule is COc1ccccc1CC(C)=CC(=O)N1CCC(N)C1. The van der Waals surface area contributed by atoms with Crippen molar-refractivity contribution in [2.24, 2.45) is 5.73 Å². The highest BCUT2D eigenvalue weighted by molar-refractivity contribution is 5.88. The number of ether oxygens (including phenoxy) is 1. The van der Waals surface area contributed by atoms with Gasteiger partial charge in [0.1, 0.15) is 5.75 Å². The molecule has 1 amide bonds. The second-order valence-electron chi connectivity index (χ2n) is 5.31. The number of hydrogen-bond donors (Lipinski definition) is 1. The second kappa shape index (κ2) is 6.57. The Morgan fingerprint density at radius 2 is 2.25 bits per heavy atom. The van der Waals surface area contributed by atoms with Gasteiger partial charge in [0.2, 0.25) is 5.91 Å². The summed E-state index contributed by atoms with van der Waals surface area (Å²) in [5.41, 5.74) is 7.94. The van der Waals surface area contributed by atoms with E-state index in [9.17, 15) is 4.79 Å². The van der Waals surface area contributed by atoms with E-state index in [-0.39, 0.29) is 11.9 Å². The van der Waals surface area contributed by atoms with Crippen LogP contribution in [-0.4, -0.2) is 37.0 Å². The number of nitrogens with two attached hydrogens (primary N) is 1. The van der Waals surface area contributed by atoms with Gasteiger partial charge in [0.15, 0.2) is 0 Å². The van der Waals surface area contributed by atoms with Crippen molar-refractivity contribution < 1.29 is 9.53 Å². The van der Waals surface area contributed by atoms with E-state index in [1.165, 1.54) is 0 Å². The van der Waals surface area contributed by atoms with Crippen LogP contribution in [-0.2, 0) is 11.2 Å². The Kier molecular flexibility index (Phi) is 4.79. The smallest absolute Gasteiger partial charge is 0.246 e. The lowest BCUT2D eigenvalue weighted by molar-refractivity contribution is -0.125. The number of carbonyl (C=O) groups excluding carboxylic acids is 1. The summed E-state index contributed by atoms with van der Waals surface area (Å²) in [5, 5.41) is 0. The first-order valence-electron chi connectivity index (χ1n) is 6.93. The predicted molar refractivity (Wildman–Crippen MR) is 79.6 cm³/mol. The number of amides is 1. The number of rotatable bonds is 4. The highest BCUT2D eigenvalue weighted by Gasteiger charge is 2.22. The summed E-state index contributed by atoms with van der Waals surface area (Å²) in [7, 11) is 1.66. The number of benzene rings is 1. The quantitative estimate of drug-likeness (QED) is 0.851. The van der Waals surface area contributed by atoms with Crippen LogP contribution >= 0.6 is 0 Å². The zero-order valence-corrected chi connectivity index (χ0v) is 12.1. The van der Waals surface area contributed by atoms with Gasteiger partial charge in [0.25, 0.3) is 0 Å². The summed E-state index contributed by atoms with van der Waals surface area (Å²) in [5.74, 6) is 0.918. The molecule has 4 nitrogen and oxygen atoms in total. The fourth-order valence-corrected chi connectivity index (χ4v) is 2.49. The van der Waals surface area contributed by atoms with Crippen LogP contribution in [0.1, 0.15) is 18.9 Å². The fraction of sp³-hybridized carbons (Fsp3) is 0.438. The molecule has 0 bridgehead atoms. The second-order valence-corrected chi connectivity index (χ2v) is 5.31. The van der Waals surface area contributed by atoms with Crippen LogP contribution in [0.15, 0.2) is 35.9 Å². The van der Waals surface area contributed by atoms with Gasteiger partial charge in [0, 0.05) is 25.2 Å². The molecule has 108 valence electrons. The molecular formula is C16H22N2O2. The normalized spacial score (nSPS) is 19.2. The van der Waals surface area contributed by atoms with Gasteiger partial charge in [-0.15, -0.1) is 0 Å². The molecule has 0 aliphatic carbocycles. The van der Waals surface area contributed by atoms with E-state index in [4.69, 9.17) is 10.5 Å². The predicted octanol–water partition coefficient (Wildman–Crippen LogP) is 1.74. The summed E-state index contributed by atoms with van der Waals surface area (Å²) in [6.07, 6.45) is 3.32. The topological polar surface area (TPSA) is 55.6 Å². The highest BCUT2D eigenvalue weighted by Crippen LogP contribution is 2.20. The zero-order chi connectivity index (χ0) is 14.5. The molecule has 1 saturated heterocycles. The van der Waals surface area contributed by atoms with Crippen LogP contribution in [0.25, 0.3) is 0 Å². The first-order chi connectivity index (χ1) is 9.60. The first-order valence-corrected chi connectivity index (χ1v) is 6.93. The molecule has 1 aromatic rings. The number of allylic oxidation sites excluding steroid dienone is 1. The van der Waals surface area contributed by atoms with Crippen molar-refractivity contribution in [1.82, 2.24) is 4.90 Å². The van der Waals surface area contributed by atoms with E-state index in [2.05, 4.69) is 0 Å². The Morgan fingerprint density at radius 3 is 2.90 bits per heavy atom. The molecule has 1 atom stereocenters. The van der Waals surface area contributed by atoms with E-state index < -0.39 is 0 Å². The van der Waals surface area contributed by atoms with Crippen molar-refractivity contribution in [1.29, 1.82) is 0 Å². The Labute approximate surface area is 120 Å². The van der Waals surface area contributed by atoms with Gasteiger partial charge in [-0.3, -0.25) is 4.79 Å². The van der Waals surface area contributed by atoms with E-state index in [1.807, 2.05) is 36.1 Å². The standard InChI is InChI=1S/C16H22N2O2/c1-12(9-13-5-3-4-6-15(13)20-2)10-16(19)18-8-7-14(17)11-18/h3-6,10,14H,7-9,11,17H2,1-2H3. The molecule has 0 spiro atoms. The average Bonchev–Trinajstić information content (AvgIpc) is 2.86. The van der Waals surface area contributed by atoms with Gasteiger partial charge in [-0.1, -0.05) is 23.8 Å². The lowest BCUT2D eigenvalue weighted by Gasteiger charge is -2.14. The van der Waals surface area contributed by atoms with Gasteiger partial charge in [0.05, 0.1) is 7.11 Å². The van der Waals surface area contributed by atoms with Gasteiger partial charge in [-0.05, 0) is 31.4 Å². The molecule has 1 heterocycles. The Morgan fingerprint density at radius 1 is 1.50 bits per heavy atom. The Hall–Kier alpha value is -1.81. The molecule has 0 radical (unpaired) electrons. The molecule has 1 aliphatic heterocycles. The molecule has 0 aromatic heterocycles. The van der Waals surface area contributed by atoms with Gasteiger partial charge < -0.3 is 15.4 Å². The number of hydrogen-bond acceptors (Lipinski definition) is 3. The molecule has 1 fully saturated rings. The van der Waals surface area contributed by atoms with Crippen molar-refractivity contribution in [3.8, 4) is 5.75 Å². The summed E-state index contributed by atoms with van der Waals surface area (Å²) in [6, 6.07) is 8.00. The lowest BCUT2D eigenvalue weighted by Crippen LogP contribution is -2.30. The molecule has 20 heavy (non-hydrogen) atoms. The van der Waals surface area contributed by atoms with Crippen LogP contribution in [0.2, 0.25) is 0 Å². The van der Waals surface area contributed by atoms with Crippen molar-refractivity contribution in [3.05, 3.63) is 41.5 Å². The summed E-state index contributed by atoms with van der Waals surface area (Å²) >= 11 is 0. The number of nitrogens with zero attached hydrogens (tertiary/aromatic N) is 1. The van der Waals surface area contributed by atoms with Crippen LogP contribution in [0.3, 0.4) is 0 Å². The minimum absolute atomic E-state index is 0.0605. The van der Waals surface area contributed by atoms with E-state index in [1.54, 1.807) is 13.2 Å². The maximum atomic E-state index is 12.1. The molecule has 4 heteroatoms. The fourth-order valence-electron chi connectivity index (χ4n) is 2.49. The highest BCUT2D eigenvalue weighted by atomic mass is 16.5. The molecule has 1 aliphatic rings. The molecule has 2 rings (SSSR count). The van der Waals surface area contributed by atoms with Crippen molar-refractivity contribution in [2.75, 3.05) is 20.2 Å². The van der Waals surface area contributed by atoms with Crippen molar-refractivity contribution in [3.63, 3.8) is 0 Å². The Balaban J connectivity index is 2.02. The van der Waals surface area contributed by atoms with Crippen molar-refractivity contribution in [2.45, 2.75) is 25.8 Å². The third kappa shape index (κ3) is 3.61. The summed E-state index contributed by atoms with van der Waals surface area (Å²) < 4.78 is 5.33. The van der Waals surface area contributed by atoms with Crippen LogP contribution in [0, 0.1) is 0 Å². The summed E-state index contributed by atoms with van der Waals surface area (Å²) in [4.78, 5) is 13.9. The third-order valence-corrected chi connectivity index (χ3v) is 3.57. The van der Waals surface area contributed by atoms with Crippen LogP contribution < -0.4 is 10.5 Å². The monoisotopic (exact) mass is 274 g/mol. The number of methoxy groups -OCH3 is 1. The molecule has 1 aromatic carbocycles.